The van der Waals surface area contributed by atoms with Gasteiger partial charge in [-0.3, -0.25) is 0 Å². The molecule has 0 saturated heterocycles. The summed E-state index contributed by atoms with van der Waals surface area (Å²) in [5, 5.41) is 11.8. The number of aliphatic hydroxyl groups is 1. The van der Waals surface area contributed by atoms with Crippen LogP contribution in [-0.2, 0) is 0 Å². The molecule has 78 valence electrons. The van der Waals surface area contributed by atoms with Gasteiger partial charge >= 0.3 is 0 Å². The first kappa shape index (κ1) is 10.5. The Kier molecular flexibility index (Phi) is 2.76. The average Bonchev–Trinajstić information content (AvgIpc) is 2.36. The first-order valence-corrected chi connectivity index (χ1v) is 5.07. The Morgan fingerprint density at radius 1 is 1.25 bits per heavy atom. The van der Waals surface area contributed by atoms with Gasteiger partial charge in [0.2, 0.25) is 0 Å². The van der Waals surface area contributed by atoms with Crippen molar-refractivity contribution in [3.63, 3.8) is 0 Å². The number of hydrogen-bond acceptors (Lipinski definition) is 1. The van der Waals surface area contributed by atoms with Gasteiger partial charge in [-0.05, 0) is 17.0 Å². The predicted octanol–water partition coefficient (Wildman–Crippen LogP) is 3.04. The van der Waals surface area contributed by atoms with Gasteiger partial charge in [-0.2, -0.15) is 0 Å². The third-order valence-electron chi connectivity index (χ3n) is 2.63. The van der Waals surface area contributed by atoms with Crippen molar-refractivity contribution in [3.05, 3.63) is 60.2 Å². The molecule has 0 amide bonds. The van der Waals surface area contributed by atoms with Crippen LogP contribution in [0.1, 0.15) is 17.2 Å². The Labute approximate surface area is 95.0 Å². The van der Waals surface area contributed by atoms with Crippen LogP contribution in [0.15, 0.2) is 49.1 Å². The summed E-state index contributed by atoms with van der Waals surface area (Å²) in [5.41, 5.74) is 1.61. The molecule has 0 aliphatic heterocycles. The summed E-state index contributed by atoms with van der Waals surface area (Å²) in [6, 6.07) is 11.5. The molecule has 16 heavy (non-hydrogen) atoms. The fraction of sp³-hybridized carbons (Fsp3) is 0.0667. The summed E-state index contributed by atoms with van der Waals surface area (Å²) >= 11 is 0. The van der Waals surface area contributed by atoms with Gasteiger partial charge in [0, 0.05) is 10.9 Å². The van der Waals surface area contributed by atoms with E-state index in [0.717, 1.165) is 21.9 Å². The van der Waals surface area contributed by atoms with Crippen LogP contribution < -0.4 is 0 Å². The summed E-state index contributed by atoms with van der Waals surface area (Å²) in [6.07, 6.45) is 6.29. The van der Waals surface area contributed by atoms with E-state index in [4.69, 9.17) is 6.42 Å². The monoisotopic (exact) mass is 208 g/mol. The third-order valence-corrected chi connectivity index (χ3v) is 2.63. The van der Waals surface area contributed by atoms with Crippen LogP contribution in [0.5, 0.6) is 0 Å². The van der Waals surface area contributed by atoms with E-state index < -0.39 is 6.10 Å². The van der Waals surface area contributed by atoms with Crippen molar-refractivity contribution in [2.75, 3.05) is 0 Å². The van der Waals surface area contributed by atoms with Crippen molar-refractivity contribution >= 4 is 10.8 Å². The highest BCUT2D eigenvalue weighted by atomic mass is 16.3. The highest BCUT2D eigenvalue weighted by Gasteiger charge is 2.09. The first-order valence-electron chi connectivity index (χ1n) is 5.07. The van der Waals surface area contributed by atoms with Crippen LogP contribution in [0, 0.1) is 12.3 Å². The molecule has 0 aliphatic rings. The number of aliphatic hydroxyl groups excluding tert-OH is 1. The van der Waals surface area contributed by atoms with Crippen LogP contribution in [0.4, 0.5) is 0 Å². The lowest BCUT2D eigenvalue weighted by atomic mass is 9.96. The van der Waals surface area contributed by atoms with Gasteiger partial charge in [0.25, 0.3) is 0 Å². The second-order valence-electron chi connectivity index (χ2n) is 3.58. The van der Waals surface area contributed by atoms with E-state index in [1.165, 1.54) is 6.08 Å². The van der Waals surface area contributed by atoms with Crippen molar-refractivity contribution < 1.29 is 5.11 Å². The number of fused-ring (bicyclic) bond motifs is 1. The Balaban J connectivity index is 2.85. The number of rotatable bonds is 2. The lowest BCUT2D eigenvalue weighted by Crippen LogP contribution is -1.95. The van der Waals surface area contributed by atoms with Crippen LogP contribution in [0.3, 0.4) is 0 Å². The third kappa shape index (κ3) is 1.60. The van der Waals surface area contributed by atoms with Crippen molar-refractivity contribution in [2.45, 2.75) is 6.10 Å². The standard InChI is InChI=1S/C15H12O/c1-3-11-7-5-8-12-9-6-10-13(15(11)12)14(16)4-2/h1,4-10,14,16H,2H2. The minimum absolute atomic E-state index is 0.682. The van der Waals surface area contributed by atoms with E-state index in [9.17, 15) is 5.11 Å². The largest absolute Gasteiger partial charge is 0.384 e. The molecular weight excluding hydrogens is 196 g/mol. The minimum Gasteiger partial charge on any atom is -0.384 e. The molecule has 0 aliphatic carbocycles. The molecule has 1 N–H and O–H groups in total. The zero-order valence-corrected chi connectivity index (χ0v) is 8.85. The fourth-order valence-corrected chi connectivity index (χ4v) is 1.86. The fourth-order valence-electron chi connectivity index (χ4n) is 1.86. The first-order chi connectivity index (χ1) is 7.77. The number of terminal acetylenes is 1. The molecule has 0 heterocycles. The maximum absolute atomic E-state index is 9.86. The Morgan fingerprint density at radius 3 is 2.56 bits per heavy atom. The molecular formula is C15H12O. The maximum Gasteiger partial charge on any atom is 0.0975 e. The summed E-state index contributed by atoms with van der Waals surface area (Å²) in [5.74, 6) is 2.64. The van der Waals surface area contributed by atoms with Gasteiger partial charge in [-0.25, -0.2) is 0 Å². The molecule has 1 unspecified atom stereocenters. The van der Waals surface area contributed by atoms with Crippen molar-refractivity contribution in [2.24, 2.45) is 0 Å². The molecule has 0 aromatic heterocycles. The van der Waals surface area contributed by atoms with Gasteiger partial charge in [0.15, 0.2) is 0 Å². The van der Waals surface area contributed by atoms with Crippen LogP contribution in [0.25, 0.3) is 10.8 Å². The Bertz CT molecular complexity index is 570. The predicted molar refractivity (Wildman–Crippen MR) is 67.0 cm³/mol. The molecule has 2 aromatic rings. The van der Waals surface area contributed by atoms with Gasteiger partial charge < -0.3 is 5.11 Å². The molecule has 2 rings (SSSR count). The van der Waals surface area contributed by atoms with Crippen molar-refractivity contribution in [3.8, 4) is 12.3 Å². The van der Waals surface area contributed by atoms with Gasteiger partial charge in [0.05, 0.1) is 6.10 Å². The molecule has 0 spiro atoms. The molecule has 1 nitrogen and oxygen atoms in total. The Morgan fingerprint density at radius 2 is 1.94 bits per heavy atom. The van der Waals surface area contributed by atoms with E-state index in [1.54, 1.807) is 0 Å². The van der Waals surface area contributed by atoms with Gasteiger partial charge in [0.1, 0.15) is 0 Å². The zero-order valence-electron chi connectivity index (χ0n) is 8.85. The molecule has 2 aromatic carbocycles. The highest BCUT2D eigenvalue weighted by Crippen LogP contribution is 2.27. The number of hydrogen-bond donors (Lipinski definition) is 1. The molecule has 0 fully saturated rings. The smallest absolute Gasteiger partial charge is 0.0975 e. The summed E-state index contributed by atoms with van der Waals surface area (Å²) < 4.78 is 0. The van der Waals surface area contributed by atoms with E-state index in [2.05, 4.69) is 12.5 Å². The number of benzene rings is 2. The second-order valence-corrected chi connectivity index (χ2v) is 3.58. The SMILES string of the molecule is C#Cc1cccc2cccc(C(O)C=C)c12. The van der Waals surface area contributed by atoms with Crippen molar-refractivity contribution in [1.82, 2.24) is 0 Å². The van der Waals surface area contributed by atoms with E-state index in [0.29, 0.717) is 0 Å². The van der Waals surface area contributed by atoms with Gasteiger partial charge in [-0.15, -0.1) is 13.0 Å². The molecule has 1 atom stereocenters. The van der Waals surface area contributed by atoms with E-state index in [1.807, 2.05) is 36.4 Å². The summed E-state index contributed by atoms with van der Waals surface area (Å²) in [4.78, 5) is 0. The van der Waals surface area contributed by atoms with E-state index >= 15 is 0 Å². The zero-order chi connectivity index (χ0) is 11.5. The molecule has 0 radical (unpaired) electrons. The second kappa shape index (κ2) is 4.22. The topological polar surface area (TPSA) is 20.2 Å². The lowest BCUT2D eigenvalue weighted by molar-refractivity contribution is 0.230. The van der Waals surface area contributed by atoms with Gasteiger partial charge in [-0.1, -0.05) is 42.3 Å². The molecule has 0 saturated carbocycles. The summed E-state index contributed by atoms with van der Waals surface area (Å²) in [7, 11) is 0. The van der Waals surface area contributed by atoms with Crippen LogP contribution in [-0.4, -0.2) is 5.11 Å². The minimum atomic E-state index is -0.682. The normalized spacial score (nSPS) is 12.0. The maximum atomic E-state index is 9.86. The van der Waals surface area contributed by atoms with Crippen LogP contribution >= 0.6 is 0 Å². The Hall–Kier alpha value is -2.04. The quantitative estimate of drug-likeness (QED) is 0.594. The molecule has 0 bridgehead atoms. The molecule has 1 heteroatoms. The lowest BCUT2D eigenvalue weighted by Gasteiger charge is -2.11. The van der Waals surface area contributed by atoms with E-state index in [-0.39, 0.29) is 0 Å². The van der Waals surface area contributed by atoms with Crippen molar-refractivity contribution in [1.29, 1.82) is 0 Å². The highest BCUT2D eigenvalue weighted by molar-refractivity contribution is 5.91. The van der Waals surface area contributed by atoms with Crippen LogP contribution in [0.2, 0.25) is 0 Å². The summed E-state index contributed by atoms with van der Waals surface area (Å²) in [6.45, 7) is 3.60. The average molecular weight is 208 g/mol.